The van der Waals surface area contributed by atoms with Gasteiger partial charge in [-0.05, 0) is 32.3 Å². The molecule has 112 valence electrons. The highest BCUT2D eigenvalue weighted by Gasteiger charge is 2.34. The van der Waals surface area contributed by atoms with Gasteiger partial charge in [0.05, 0.1) is 6.61 Å². The van der Waals surface area contributed by atoms with Crippen LogP contribution in [0, 0.1) is 5.41 Å². The molecule has 0 saturated carbocycles. The smallest absolute Gasteiger partial charge is 0.0546 e. The van der Waals surface area contributed by atoms with Gasteiger partial charge in [-0.25, -0.2) is 0 Å². The topological polar surface area (TPSA) is 38.5 Å². The van der Waals surface area contributed by atoms with E-state index in [1.54, 1.807) is 0 Å². The van der Waals surface area contributed by atoms with Crippen molar-refractivity contribution in [2.75, 3.05) is 26.3 Å². The summed E-state index contributed by atoms with van der Waals surface area (Å²) in [5.74, 6) is 0. The normalized spacial score (nSPS) is 23.4. The summed E-state index contributed by atoms with van der Waals surface area (Å²) in [5.41, 5.74) is 7.58. The minimum atomic E-state index is 0.136. The second-order valence-corrected chi connectivity index (χ2v) is 6.34. The SMILES string of the molecule is CC(C)N(Cc1ccccc1)CC1(CN)CCCOC1. The molecule has 1 heterocycles. The van der Waals surface area contributed by atoms with Crippen LogP contribution in [-0.4, -0.2) is 37.2 Å². The number of rotatable bonds is 6. The molecule has 0 radical (unpaired) electrons. The molecule has 1 aromatic carbocycles. The van der Waals surface area contributed by atoms with E-state index >= 15 is 0 Å². The van der Waals surface area contributed by atoms with E-state index in [4.69, 9.17) is 10.5 Å². The average molecular weight is 276 g/mol. The standard InChI is InChI=1S/C17H28N2O/c1-15(2)19(11-16-7-4-3-5-8-16)13-17(12-18)9-6-10-20-14-17/h3-5,7-8,15H,6,9-14,18H2,1-2H3. The van der Waals surface area contributed by atoms with Gasteiger partial charge in [0, 0.05) is 37.7 Å². The predicted octanol–water partition coefficient (Wildman–Crippen LogP) is 2.65. The maximum atomic E-state index is 6.07. The monoisotopic (exact) mass is 276 g/mol. The van der Waals surface area contributed by atoms with Gasteiger partial charge in [0.25, 0.3) is 0 Å². The maximum absolute atomic E-state index is 6.07. The molecule has 1 saturated heterocycles. The summed E-state index contributed by atoms with van der Waals surface area (Å²) in [6.07, 6.45) is 2.32. The molecule has 1 aliphatic heterocycles. The van der Waals surface area contributed by atoms with Gasteiger partial charge in [-0.1, -0.05) is 30.3 Å². The molecule has 0 spiro atoms. The first-order valence-electron chi connectivity index (χ1n) is 7.71. The quantitative estimate of drug-likeness (QED) is 0.868. The van der Waals surface area contributed by atoms with E-state index in [0.717, 1.165) is 32.7 Å². The summed E-state index contributed by atoms with van der Waals surface area (Å²) in [6, 6.07) is 11.2. The predicted molar refractivity (Wildman–Crippen MR) is 83.5 cm³/mol. The molecule has 1 unspecified atom stereocenters. The Morgan fingerprint density at radius 2 is 2.05 bits per heavy atom. The van der Waals surface area contributed by atoms with Crippen molar-refractivity contribution in [3.8, 4) is 0 Å². The lowest BCUT2D eigenvalue weighted by atomic mass is 9.81. The molecule has 0 amide bonds. The summed E-state index contributed by atoms with van der Waals surface area (Å²) in [7, 11) is 0. The van der Waals surface area contributed by atoms with Crippen molar-refractivity contribution in [2.24, 2.45) is 11.1 Å². The minimum Gasteiger partial charge on any atom is -0.381 e. The van der Waals surface area contributed by atoms with Gasteiger partial charge in [0.2, 0.25) is 0 Å². The number of nitrogens with two attached hydrogens (primary N) is 1. The van der Waals surface area contributed by atoms with E-state index in [0.29, 0.717) is 12.6 Å². The third kappa shape index (κ3) is 4.05. The van der Waals surface area contributed by atoms with Crippen LogP contribution in [0.15, 0.2) is 30.3 Å². The van der Waals surface area contributed by atoms with Crippen molar-refractivity contribution in [3.05, 3.63) is 35.9 Å². The van der Waals surface area contributed by atoms with Gasteiger partial charge < -0.3 is 10.5 Å². The van der Waals surface area contributed by atoms with Gasteiger partial charge in [-0.3, -0.25) is 4.90 Å². The van der Waals surface area contributed by atoms with Crippen LogP contribution in [0.25, 0.3) is 0 Å². The molecular weight excluding hydrogens is 248 g/mol. The lowest BCUT2D eigenvalue weighted by Gasteiger charge is -2.41. The number of nitrogens with zero attached hydrogens (tertiary/aromatic N) is 1. The lowest BCUT2D eigenvalue weighted by Crippen LogP contribution is -2.49. The van der Waals surface area contributed by atoms with E-state index in [1.165, 1.54) is 12.0 Å². The van der Waals surface area contributed by atoms with Crippen molar-refractivity contribution in [3.63, 3.8) is 0 Å². The first-order chi connectivity index (χ1) is 9.65. The summed E-state index contributed by atoms with van der Waals surface area (Å²) < 4.78 is 5.70. The van der Waals surface area contributed by atoms with Crippen molar-refractivity contribution < 1.29 is 4.74 Å². The van der Waals surface area contributed by atoms with Gasteiger partial charge in [0.15, 0.2) is 0 Å². The number of benzene rings is 1. The van der Waals surface area contributed by atoms with Crippen molar-refractivity contribution in [1.29, 1.82) is 0 Å². The Bertz CT molecular complexity index is 385. The highest BCUT2D eigenvalue weighted by atomic mass is 16.5. The molecule has 1 atom stereocenters. The molecule has 0 aromatic heterocycles. The zero-order valence-corrected chi connectivity index (χ0v) is 12.8. The maximum Gasteiger partial charge on any atom is 0.0546 e. The molecule has 1 fully saturated rings. The third-order valence-electron chi connectivity index (χ3n) is 4.33. The van der Waals surface area contributed by atoms with Crippen LogP contribution in [0.2, 0.25) is 0 Å². The molecule has 20 heavy (non-hydrogen) atoms. The number of ether oxygens (including phenoxy) is 1. The molecule has 1 aromatic rings. The number of hydrogen-bond donors (Lipinski definition) is 1. The Balaban J connectivity index is 2.04. The van der Waals surface area contributed by atoms with Gasteiger partial charge in [-0.2, -0.15) is 0 Å². The van der Waals surface area contributed by atoms with Crippen molar-refractivity contribution >= 4 is 0 Å². The molecule has 1 aliphatic rings. The van der Waals surface area contributed by atoms with Crippen LogP contribution in [0.1, 0.15) is 32.3 Å². The van der Waals surface area contributed by atoms with Crippen LogP contribution < -0.4 is 5.73 Å². The highest BCUT2D eigenvalue weighted by Crippen LogP contribution is 2.29. The fraction of sp³-hybridized carbons (Fsp3) is 0.647. The average Bonchev–Trinajstić information content (AvgIpc) is 2.48. The molecule has 2 N–H and O–H groups in total. The minimum absolute atomic E-state index is 0.136. The largest absolute Gasteiger partial charge is 0.381 e. The second kappa shape index (κ2) is 7.21. The Kier molecular flexibility index (Phi) is 5.58. The second-order valence-electron chi connectivity index (χ2n) is 6.34. The third-order valence-corrected chi connectivity index (χ3v) is 4.33. The Labute approximate surface area is 123 Å². The zero-order valence-electron chi connectivity index (χ0n) is 12.8. The van der Waals surface area contributed by atoms with E-state index in [1.807, 2.05) is 0 Å². The van der Waals surface area contributed by atoms with Crippen LogP contribution in [0.3, 0.4) is 0 Å². The molecular formula is C17H28N2O. The van der Waals surface area contributed by atoms with E-state index in [-0.39, 0.29) is 5.41 Å². The van der Waals surface area contributed by atoms with Gasteiger partial charge in [0.1, 0.15) is 0 Å². The van der Waals surface area contributed by atoms with Crippen molar-refractivity contribution in [2.45, 2.75) is 39.3 Å². The fourth-order valence-corrected chi connectivity index (χ4v) is 2.93. The zero-order chi connectivity index (χ0) is 14.4. The summed E-state index contributed by atoms with van der Waals surface area (Å²) in [5, 5.41) is 0. The molecule has 0 bridgehead atoms. The fourth-order valence-electron chi connectivity index (χ4n) is 2.93. The molecule has 0 aliphatic carbocycles. The molecule has 3 heteroatoms. The molecule has 2 rings (SSSR count). The van der Waals surface area contributed by atoms with Crippen LogP contribution in [-0.2, 0) is 11.3 Å². The first kappa shape index (κ1) is 15.5. The van der Waals surface area contributed by atoms with Crippen LogP contribution in [0.4, 0.5) is 0 Å². The first-order valence-corrected chi connectivity index (χ1v) is 7.71. The van der Waals surface area contributed by atoms with E-state index in [2.05, 4.69) is 49.1 Å². The van der Waals surface area contributed by atoms with Crippen LogP contribution >= 0.6 is 0 Å². The summed E-state index contributed by atoms with van der Waals surface area (Å²) in [6.45, 7) is 8.94. The van der Waals surface area contributed by atoms with Gasteiger partial charge >= 0.3 is 0 Å². The lowest BCUT2D eigenvalue weighted by molar-refractivity contribution is -0.0281. The summed E-state index contributed by atoms with van der Waals surface area (Å²) >= 11 is 0. The summed E-state index contributed by atoms with van der Waals surface area (Å²) in [4.78, 5) is 2.52. The highest BCUT2D eigenvalue weighted by molar-refractivity contribution is 5.14. The Hall–Kier alpha value is -0.900. The van der Waals surface area contributed by atoms with E-state index < -0.39 is 0 Å². The Morgan fingerprint density at radius 1 is 1.30 bits per heavy atom. The van der Waals surface area contributed by atoms with Gasteiger partial charge in [-0.15, -0.1) is 0 Å². The van der Waals surface area contributed by atoms with E-state index in [9.17, 15) is 0 Å². The Morgan fingerprint density at radius 3 is 2.60 bits per heavy atom. The van der Waals surface area contributed by atoms with Crippen molar-refractivity contribution in [1.82, 2.24) is 4.90 Å². The number of hydrogen-bond acceptors (Lipinski definition) is 3. The molecule has 3 nitrogen and oxygen atoms in total. The van der Waals surface area contributed by atoms with Crippen LogP contribution in [0.5, 0.6) is 0 Å².